The molecule has 0 amide bonds. The molecule has 4 N–H and O–H groups in total. The van der Waals surface area contributed by atoms with Crippen LogP contribution in [0.5, 0.6) is 0 Å². The van der Waals surface area contributed by atoms with Crippen molar-refractivity contribution in [3.63, 3.8) is 0 Å². The molecule has 0 bridgehead atoms. The first-order valence-electron chi connectivity index (χ1n) is 5.08. The van der Waals surface area contributed by atoms with Crippen LogP contribution < -0.4 is 16.6 Å². The van der Waals surface area contributed by atoms with Crippen LogP contribution in [0.2, 0.25) is 0 Å². The van der Waals surface area contributed by atoms with Gasteiger partial charge in [-0.1, -0.05) is 30.3 Å². The van der Waals surface area contributed by atoms with E-state index in [0.717, 1.165) is 6.42 Å². The lowest BCUT2D eigenvalue weighted by molar-refractivity contribution is 0.430. The molecular formula is C11H17N3. The minimum absolute atomic E-state index is 0.0604. The van der Waals surface area contributed by atoms with E-state index in [1.165, 1.54) is 5.56 Å². The average Bonchev–Trinajstić information content (AvgIpc) is 2.51. The van der Waals surface area contributed by atoms with Crippen molar-refractivity contribution in [2.24, 2.45) is 11.7 Å². The number of benzene rings is 1. The van der Waals surface area contributed by atoms with Crippen LogP contribution in [0.1, 0.15) is 12.5 Å². The van der Waals surface area contributed by atoms with Crippen molar-refractivity contribution in [1.82, 2.24) is 10.9 Å². The van der Waals surface area contributed by atoms with Crippen molar-refractivity contribution >= 4 is 0 Å². The molecule has 3 unspecified atom stereocenters. The Morgan fingerprint density at radius 2 is 1.93 bits per heavy atom. The van der Waals surface area contributed by atoms with E-state index in [2.05, 4.69) is 42.0 Å². The summed E-state index contributed by atoms with van der Waals surface area (Å²) in [6.45, 7) is 2.16. The zero-order valence-corrected chi connectivity index (χ0v) is 8.40. The van der Waals surface area contributed by atoms with Crippen molar-refractivity contribution in [3.05, 3.63) is 35.9 Å². The lowest BCUT2D eigenvalue weighted by Gasteiger charge is -2.17. The zero-order valence-electron chi connectivity index (χ0n) is 8.40. The van der Waals surface area contributed by atoms with Crippen LogP contribution in [0.3, 0.4) is 0 Å². The molecule has 0 aromatic heterocycles. The fourth-order valence-corrected chi connectivity index (χ4v) is 1.94. The first kappa shape index (κ1) is 9.65. The van der Waals surface area contributed by atoms with Gasteiger partial charge >= 0.3 is 0 Å². The van der Waals surface area contributed by atoms with Crippen molar-refractivity contribution in [2.75, 3.05) is 0 Å². The molecule has 3 nitrogen and oxygen atoms in total. The topological polar surface area (TPSA) is 50.1 Å². The summed E-state index contributed by atoms with van der Waals surface area (Å²) in [6.07, 6.45) is 1.09. The summed E-state index contributed by atoms with van der Waals surface area (Å²) in [7, 11) is 0. The number of hydrogen-bond acceptors (Lipinski definition) is 3. The van der Waals surface area contributed by atoms with Gasteiger partial charge in [0.25, 0.3) is 0 Å². The Labute approximate surface area is 84.7 Å². The molecule has 0 aliphatic carbocycles. The van der Waals surface area contributed by atoms with Gasteiger partial charge in [0.2, 0.25) is 0 Å². The number of rotatable bonds is 2. The molecule has 1 aliphatic heterocycles. The summed E-state index contributed by atoms with van der Waals surface area (Å²) in [5.41, 5.74) is 13.5. The van der Waals surface area contributed by atoms with E-state index >= 15 is 0 Å². The summed E-state index contributed by atoms with van der Waals surface area (Å²) in [4.78, 5) is 0. The summed E-state index contributed by atoms with van der Waals surface area (Å²) in [5, 5.41) is 0. The fraction of sp³-hybridized carbons (Fsp3) is 0.455. The summed E-state index contributed by atoms with van der Waals surface area (Å²) >= 11 is 0. The predicted octanol–water partition coefficient (Wildman–Crippen LogP) is 0.626. The quantitative estimate of drug-likeness (QED) is 0.642. The van der Waals surface area contributed by atoms with E-state index in [9.17, 15) is 0 Å². The number of nitrogens with one attached hydrogen (secondary N) is 2. The average molecular weight is 191 g/mol. The first-order chi connectivity index (χ1) is 6.77. The largest absolute Gasteiger partial charge is 0.315 e. The Balaban J connectivity index is 2.04. The van der Waals surface area contributed by atoms with E-state index in [0.29, 0.717) is 12.0 Å². The Morgan fingerprint density at radius 1 is 1.21 bits per heavy atom. The van der Waals surface area contributed by atoms with Gasteiger partial charge in [0.1, 0.15) is 0 Å². The van der Waals surface area contributed by atoms with E-state index in [1.807, 2.05) is 6.07 Å². The molecule has 2 rings (SSSR count). The number of hydrazine groups is 1. The van der Waals surface area contributed by atoms with Crippen LogP contribution in [-0.2, 0) is 6.42 Å². The predicted molar refractivity (Wildman–Crippen MR) is 57.3 cm³/mol. The van der Waals surface area contributed by atoms with Crippen LogP contribution in [0.25, 0.3) is 0 Å². The van der Waals surface area contributed by atoms with Gasteiger partial charge in [0.15, 0.2) is 0 Å². The molecule has 1 saturated heterocycles. The Kier molecular flexibility index (Phi) is 2.82. The summed E-state index contributed by atoms with van der Waals surface area (Å²) in [5.74, 6) is 0.470. The van der Waals surface area contributed by atoms with Gasteiger partial charge in [0.05, 0.1) is 6.17 Å². The molecule has 14 heavy (non-hydrogen) atoms. The van der Waals surface area contributed by atoms with Crippen LogP contribution in [0.15, 0.2) is 30.3 Å². The standard InChI is InChI=1S/C11H17N3/c1-8-10(11(12)14-13-8)7-9-5-3-2-4-6-9/h2-6,8,10-11,13-14H,7,12H2,1H3. The molecule has 3 heteroatoms. The van der Waals surface area contributed by atoms with Crippen LogP contribution >= 0.6 is 0 Å². The third kappa shape index (κ3) is 1.95. The first-order valence-corrected chi connectivity index (χ1v) is 5.08. The molecule has 76 valence electrons. The highest BCUT2D eigenvalue weighted by atomic mass is 15.4. The Bertz CT molecular complexity index is 276. The van der Waals surface area contributed by atoms with E-state index in [-0.39, 0.29) is 6.17 Å². The van der Waals surface area contributed by atoms with E-state index in [1.54, 1.807) is 0 Å². The fourth-order valence-electron chi connectivity index (χ4n) is 1.94. The molecule has 1 heterocycles. The normalized spacial score (nSPS) is 32.0. The minimum Gasteiger partial charge on any atom is -0.315 e. The highest BCUT2D eigenvalue weighted by Gasteiger charge is 2.29. The van der Waals surface area contributed by atoms with Crippen molar-refractivity contribution in [3.8, 4) is 0 Å². The molecule has 1 fully saturated rings. The molecule has 3 atom stereocenters. The van der Waals surface area contributed by atoms with Crippen LogP contribution in [-0.4, -0.2) is 12.2 Å². The minimum atomic E-state index is 0.0604. The third-order valence-corrected chi connectivity index (χ3v) is 2.90. The molecular weight excluding hydrogens is 174 g/mol. The van der Waals surface area contributed by atoms with Gasteiger partial charge in [-0.2, -0.15) is 0 Å². The molecule has 1 aromatic rings. The Hall–Kier alpha value is -0.900. The number of nitrogens with two attached hydrogens (primary N) is 1. The maximum absolute atomic E-state index is 5.94. The summed E-state index contributed by atoms with van der Waals surface area (Å²) in [6, 6.07) is 10.9. The van der Waals surface area contributed by atoms with Gasteiger partial charge in [-0.25, -0.2) is 5.43 Å². The van der Waals surface area contributed by atoms with Crippen LogP contribution in [0.4, 0.5) is 0 Å². The second-order valence-corrected chi connectivity index (χ2v) is 3.96. The maximum atomic E-state index is 5.94. The van der Waals surface area contributed by atoms with Crippen molar-refractivity contribution < 1.29 is 0 Å². The number of hydrogen-bond donors (Lipinski definition) is 3. The summed E-state index contributed by atoms with van der Waals surface area (Å²) < 4.78 is 0. The van der Waals surface area contributed by atoms with Gasteiger partial charge in [-0.3, -0.25) is 5.43 Å². The van der Waals surface area contributed by atoms with Gasteiger partial charge in [0, 0.05) is 12.0 Å². The lowest BCUT2D eigenvalue weighted by atomic mass is 9.93. The highest BCUT2D eigenvalue weighted by molar-refractivity contribution is 5.16. The third-order valence-electron chi connectivity index (χ3n) is 2.90. The monoisotopic (exact) mass is 191 g/mol. The lowest BCUT2D eigenvalue weighted by Crippen LogP contribution is -2.39. The Morgan fingerprint density at radius 3 is 2.50 bits per heavy atom. The van der Waals surface area contributed by atoms with Gasteiger partial charge in [-0.15, -0.1) is 0 Å². The van der Waals surface area contributed by atoms with Gasteiger partial charge in [-0.05, 0) is 18.9 Å². The zero-order chi connectivity index (χ0) is 9.97. The maximum Gasteiger partial charge on any atom is 0.0726 e. The van der Waals surface area contributed by atoms with Crippen LogP contribution in [0, 0.1) is 5.92 Å². The smallest absolute Gasteiger partial charge is 0.0726 e. The molecule has 1 aromatic carbocycles. The van der Waals surface area contributed by atoms with Gasteiger partial charge < -0.3 is 5.73 Å². The second-order valence-electron chi connectivity index (χ2n) is 3.96. The highest BCUT2D eigenvalue weighted by Crippen LogP contribution is 2.17. The second kappa shape index (κ2) is 4.09. The molecule has 0 spiro atoms. The van der Waals surface area contributed by atoms with E-state index in [4.69, 9.17) is 5.73 Å². The van der Waals surface area contributed by atoms with Crippen molar-refractivity contribution in [1.29, 1.82) is 0 Å². The molecule has 0 saturated carbocycles. The van der Waals surface area contributed by atoms with E-state index < -0.39 is 0 Å². The molecule has 0 radical (unpaired) electrons. The SMILES string of the molecule is CC1NNC(N)C1Cc1ccccc1. The van der Waals surface area contributed by atoms with Crippen molar-refractivity contribution in [2.45, 2.75) is 25.6 Å². The molecule has 1 aliphatic rings.